The summed E-state index contributed by atoms with van der Waals surface area (Å²) in [5, 5.41) is 11.3. The fraction of sp³-hybridized carbons (Fsp3) is 0.148. The molecule has 8 nitrogen and oxygen atoms in total. The molecule has 1 aromatic heterocycles. The van der Waals surface area contributed by atoms with Crippen molar-refractivity contribution in [1.29, 1.82) is 5.41 Å². The lowest BCUT2D eigenvalue weighted by Gasteiger charge is -2.19. The first-order valence-electron chi connectivity index (χ1n) is 11.4. The fourth-order valence-electron chi connectivity index (χ4n) is 3.81. The number of rotatable bonds is 8. The van der Waals surface area contributed by atoms with Crippen molar-refractivity contribution in [3.05, 3.63) is 108 Å². The van der Waals surface area contributed by atoms with Crippen LogP contribution in [0.2, 0.25) is 0 Å². The maximum atomic E-state index is 12.6. The van der Waals surface area contributed by atoms with Gasteiger partial charge in [0.05, 0.1) is 0 Å². The topological polar surface area (TPSA) is 94.7 Å². The summed E-state index contributed by atoms with van der Waals surface area (Å²) >= 11 is 0. The average Bonchev–Trinajstić information content (AvgIpc) is 3.52. The minimum atomic E-state index is -0.337. The van der Waals surface area contributed by atoms with E-state index in [9.17, 15) is 4.79 Å². The van der Waals surface area contributed by atoms with Crippen LogP contribution in [-0.4, -0.2) is 34.8 Å². The highest BCUT2D eigenvalue weighted by Crippen LogP contribution is 2.22. The minimum Gasteiger partial charge on any atom is -0.457 e. The first-order chi connectivity index (χ1) is 17.2. The van der Waals surface area contributed by atoms with Gasteiger partial charge in [0.25, 0.3) is 5.91 Å². The molecule has 0 unspecified atom stereocenters. The highest BCUT2D eigenvalue weighted by molar-refractivity contribution is 5.95. The molecule has 5 rings (SSSR count). The fourth-order valence-corrected chi connectivity index (χ4v) is 3.81. The van der Waals surface area contributed by atoms with Crippen LogP contribution in [0.3, 0.4) is 0 Å². The van der Waals surface area contributed by atoms with E-state index in [4.69, 9.17) is 14.6 Å². The van der Waals surface area contributed by atoms with Gasteiger partial charge in [0.15, 0.2) is 5.69 Å². The third-order valence-corrected chi connectivity index (χ3v) is 5.68. The van der Waals surface area contributed by atoms with E-state index in [1.807, 2.05) is 89.8 Å². The smallest absolute Gasteiger partial charge is 0.304 e. The molecular formula is C27H25N5O3. The van der Waals surface area contributed by atoms with E-state index in [1.54, 1.807) is 4.90 Å². The van der Waals surface area contributed by atoms with Crippen LogP contribution >= 0.6 is 0 Å². The van der Waals surface area contributed by atoms with Crippen LogP contribution in [0, 0.1) is 5.41 Å². The van der Waals surface area contributed by atoms with Gasteiger partial charge in [-0.2, -0.15) is 4.98 Å². The van der Waals surface area contributed by atoms with E-state index >= 15 is 0 Å². The molecule has 0 atom stereocenters. The Bertz CT molecular complexity index is 1290. The number of ether oxygens (including phenoxy) is 1. The molecule has 8 heteroatoms. The molecule has 4 aromatic rings. The highest BCUT2D eigenvalue weighted by Gasteiger charge is 2.30. The lowest BCUT2D eigenvalue weighted by molar-refractivity contribution is 0.0946. The first-order valence-corrected chi connectivity index (χ1v) is 11.4. The van der Waals surface area contributed by atoms with Crippen molar-refractivity contribution in [3.8, 4) is 11.5 Å². The van der Waals surface area contributed by atoms with Crippen molar-refractivity contribution in [2.45, 2.75) is 13.1 Å². The molecule has 1 amide bonds. The van der Waals surface area contributed by atoms with Crippen molar-refractivity contribution in [3.63, 3.8) is 0 Å². The Kier molecular flexibility index (Phi) is 6.43. The maximum absolute atomic E-state index is 12.6. The Morgan fingerprint density at radius 3 is 2.34 bits per heavy atom. The number of aromatic nitrogens is 1. The van der Waals surface area contributed by atoms with Gasteiger partial charge in [0.1, 0.15) is 17.8 Å². The Balaban J connectivity index is 1.14. The normalized spacial score (nSPS) is 13.2. The molecule has 1 aliphatic heterocycles. The molecule has 0 aliphatic carbocycles. The number of hydrogen-bond acceptors (Lipinski definition) is 5. The molecule has 0 saturated carbocycles. The van der Waals surface area contributed by atoms with Gasteiger partial charge in [0, 0.05) is 26.2 Å². The summed E-state index contributed by atoms with van der Waals surface area (Å²) in [5.41, 5.74) is 2.24. The molecule has 2 N–H and O–H groups in total. The second kappa shape index (κ2) is 10.1. The van der Waals surface area contributed by atoms with Crippen LogP contribution in [0.1, 0.15) is 21.6 Å². The first kappa shape index (κ1) is 22.2. The largest absolute Gasteiger partial charge is 0.457 e. The Morgan fingerprint density at radius 2 is 1.60 bits per heavy atom. The third-order valence-electron chi connectivity index (χ3n) is 5.68. The highest BCUT2D eigenvalue weighted by atomic mass is 16.5. The Labute approximate surface area is 203 Å². The summed E-state index contributed by atoms with van der Waals surface area (Å²) in [6.07, 6.45) is 1.33. The van der Waals surface area contributed by atoms with Gasteiger partial charge in [0.2, 0.25) is 5.96 Å². The molecule has 3 aromatic carbocycles. The molecular weight excluding hydrogens is 442 g/mol. The number of nitrogens with one attached hydrogen (secondary N) is 2. The molecule has 0 radical (unpaired) electrons. The number of oxazole rings is 1. The second-order valence-electron chi connectivity index (χ2n) is 8.14. The van der Waals surface area contributed by atoms with Crippen molar-refractivity contribution < 1.29 is 13.9 Å². The van der Waals surface area contributed by atoms with Crippen LogP contribution in [0.15, 0.2) is 95.6 Å². The lowest BCUT2D eigenvalue weighted by atomic mass is 10.2. The van der Waals surface area contributed by atoms with Gasteiger partial charge >= 0.3 is 6.01 Å². The summed E-state index contributed by atoms with van der Waals surface area (Å²) in [6, 6.07) is 27.4. The zero-order valence-corrected chi connectivity index (χ0v) is 19.1. The van der Waals surface area contributed by atoms with Crippen LogP contribution in [0.5, 0.6) is 11.5 Å². The predicted molar refractivity (Wildman–Crippen MR) is 133 cm³/mol. The summed E-state index contributed by atoms with van der Waals surface area (Å²) in [5.74, 6) is 1.46. The van der Waals surface area contributed by atoms with Gasteiger partial charge in [-0.1, -0.05) is 60.7 Å². The predicted octanol–water partition coefficient (Wildman–Crippen LogP) is 4.65. The molecule has 2 heterocycles. The van der Waals surface area contributed by atoms with Crippen LogP contribution < -0.4 is 15.0 Å². The summed E-state index contributed by atoms with van der Waals surface area (Å²) in [6.45, 7) is 2.24. The van der Waals surface area contributed by atoms with Crippen LogP contribution in [-0.2, 0) is 13.1 Å². The number of para-hydroxylation sites is 1. The van der Waals surface area contributed by atoms with Crippen molar-refractivity contribution in [2.24, 2.45) is 0 Å². The van der Waals surface area contributed by atoms with E-state index in [0.717, 1.165) is 22.6 Å². The van der Waals surface area contributed by atoms with Crippen LogP contribution in [0.25, 0.3) is 0 Å². The van der Waals surface area contributed by atoms with Crippen molar-refractivity contribution >= 4 is 17.9 Å². The number of nitrogens with zero attached hydrogens (tertiary/aromatic N) is 3. The van der Waals surface area contributed by atoms with E-state index < -0.39 is 0 Å². The Hall–Kier alpha value is -4.59. The van der Waals surface area contributed by atoms with E-state index in [2.05, 4.69) is 10.3 Å². The van der Waals surface area contributed by atoms with Gasteiger partial charge in [-0.15, -0.1) is 0 Å². The van der Waals surface area contributed by atoms with Crippen LogP contribution in [0.4, 0.5) is 6.01 Å². The number of guanidine groups is 1. The number of hydrogen-bond donors (Lipinski definition) is 2. The molecule has 1 saturated heterocycles. The zero-order valence-electron chi connectivity index (χ0n) is 19.1. The van der Waals surface area contributed by atoms with Crippen molar-refractivity contribution in [1.82, 2.24) is 15.2 Å². The zero-order chi connectivity index (χ0) is 24.0. The number of carbonyl (C=O) groups is 1. The average molecular weight is 468 g/mol. The summed E-state index contributed by atoms with van der Waals surface area (Å²) in [7, 11) is 0. The van der Waals surface area contributed by atoms with E-state index in [0.29, 0.717) is 32.1 Å². The molecule has 0 spiro atoms. The Morgan fingerprint density at radius 1 is 0.914 bits per heavy atom. The molecule has 1 aliphatic rings. The van der Waals surface area contributed by atoms with Gasteiger partial charge in [-0.3, -0.25) is 15.1 Å². The molecule has 176 valence electrons. The number of carbonyl (C=O) groups excluding carboxylic acids is 1. The quantitative estimate of drug-likeness (QED) is 0.392. The monoisotopic (exact) mass is 467 g/mol. The lowest BCUT2D eigenvalue weighted by Crippen LogP contribution is -2.32. The third kappa shape index (κ3) is 5.33. The maximum Gasteiger partial charge on any atom is 0.304 e. The SMILES string of the molecule is N=C1N(Cc2ccccc2)CCN1c1nc(C(=O)NCc2ccc(Oc3ccccc3)cc2)co1. The summed E-state index contributed by atoms with van der Waals surface area (Å²) < 4.78 is 11.3. The van der Waals surface area contributed by atoms with Crippen molar-refractivity contribution in [2.75, 3.05) is 18.0 Å². The molecule has 35 heavy (non-hydrogen) atoms. The summed E-state index contributed by atoms with van der Waals surface area (Å²) in [4.78, 5) is 20.5. The van der Waals surface area contributed by atoms with E-state index in [-0.39, 0.29) is 17.6 Å². The minimum absolute atomic E-state index is 0.179. The second-order valence-corrected chi connectivity index (χ2v) is 8.14. The van der Waals surface area contributed by atoms with Gasteiger partial charge < -0.3 is 19.4 Å². The number of anilines is 1. The number of amides is 1. The van der Waals surface area contributed by atoms with E-state index in [1.165, 1.54) is 6.26 Å². The van der Waals surface area contributed by atoms with Gasteiger partial charge in [-0.05, 0) is 35.4 Å². The van der Waals surface area contributed by atoms with Gasteiger partial charge in [-0.25, -0.2) is 0 Å². The molecule has 1 fully saturated rings. The molecule has 0 bridgehead atoms. The number of benzene rings is 3. The standard InChI is InChI=1S/C27H25N5O3/c28-26-31(18-21-7-3-1-4-8-21)15-16-32(26)27-30-24(19-34-27)25(33)29-17-20-11-13-23(14-12-20)35-22-9-5-2-6-10-22/h1-14,19,28H,15-18H2,(H,29,33).